The summed E-state index contributed by atoms with van der Waals surface area (Å²) in [5, 5.41) is 21.3. The van der Waals surface area contributed by atoms with E-state index in [1.54, 1.807) is 0 Å². The number of aromatic hydroxyl groups is 1. The van der Waals surface area contributed by atoms with Gasteiger partial charge in [-0.25, -0.2) is 9.18 Å². The number of hydrogen-bond acceptors (Lipinski definition) is 5. The lowest BCUT2D eigenvalue weighted by atomic mass is 9.95. The molecular formula is C21H21F4N3O6. The van der Waals surface area contributed by atoms with Crippen LogP contribution < -0.4 is 16.6 Å². The van der Waals surface area contributed by atoms with Crippen molar-refractivity contribution in [3.05, 3.63) is 61.5 Å². The topological polar surface area (TPSA) is 131 Å². The molecule has 1 amide bonds. The molecular weight excluding hydrogens is 466 g/mol. The fraction of sp³-hybridized carbons (Fsp3) is 0.429. The quantitative estimate of drug-likeness (QED) is 0.536. The van der Waals surface area contributed by atoms with E-state index in [1.165, 1.54) is 0 Å². The Hall–Kier alpha value is -3.64. The smallest absolute Gasteiger partial charge is 0.416 e. The number of carbonyl (C=O) groups excluding carboxylic acids is 1. The molecule has 0 aliphatic heterocycles. The van der Waals surface area contributed by atoms with Crippen LogP contribution in [0.4, 0.5) is 17.6 Å². The molecule has 34 heavy (non-hydrogen) atoms. The van der Waals surface area contributed by atoms with E-state index in [9.17, 15) is 41.8 Å². The highest BCUT2D eigenvalue weighted by molar-refractivity contribution is 5.97. The molecule has 0 radical (unpaired) electrons. The number of amides is 1. The first-order valence-electron chi connectivity index (χ1n) is 10.4. The van der Waals surface area contributed by atoms with Crippen LogP contribution >= 0.6 is 0 Å². The second kappa shape index (κ2) is 9.69. The average Bonchev–Trinajstić information content (AvgIpc) is 2.76. The Bertz CT molecular complexity index is 1230. The van der Waals surface area contributed by atoms with Crippen molar-refractivity contribution in [3.63, 3.8) is 0 Å². The highest BCUT2D eigenvalue weighted by atomic mass is 19.4. The zero-order chi connectivity index (χ0) is 25.2. The van der Waals surface area contributed by atoms with Gasteiger partial charge in [-0.15, -0.1) is 0 Å². The Labute approximate surface area is 189 Å². The fourth-order valence-corrected chi connectivity index (χ4v) is 4.03. The summed E-state index contributed by atoms with van der Waals surface area (Å²) < 4.78 is 55.0. The summed E-state index contributed by atoms with van der Waals surface area (Å²) in [4.78, 5) is 49.5. The normalized spacial score (nSPS) is 14.7. The van der Waals surface area contributed by atoms with E-state index in [4.69, 9.17) is 5.11 Å². The molecule has 1 aromatic heterocycles. The van der Waals surface area contributed by atoms with E-state index in [0.717, 1.165) is 18.6 Å². The maximum atomic E-state index is 13.5. The molecule has 1 aliphatic rings. The summed E-state index contributed by atoms with van der Waals surface area (Å²) in [6, 6.07) is 1.09. The molecule has 1 heterocycles. The number of nitrogens with zero attached hydrogens (tertiary/aromatic N) is 2. The lowest BCUT2D eigenvalue weighted by molar-refractivity contribution is -0.138. The van der Waals surface area contributed by atoms with Crippen LogP contribution in [0.15, 0.2) is 27.8 Å². The molecule has 3 N–H and O–H groups in total. The molecule has 9 nitrogen and oxygen atoms in total. The van der Waals surface area contributed by atoms with Crippen LogP contribution in [-0.2, 0) is 17.5 Å². The Morgan fingerprint density at radius 3 is 2.35 bits per heavy atom. The monoisotopic (exact) mass is 487 g/mol. The maximum Gasteiger partial charge on any atom is 0.416 e. The van der Waals surface area contributed by atoms with Gasteiger partial charge in [-0.2, -0.15) is 13.2 Å². The van der Waals surface area contributed by atoms with E-state index in [2.05, 4.69) is 0 Å². The number of nitrogens with one attached hydrogen (secondary N) is 1. The first-order valence-corrected chi connectivity index (χ1v) is 10.4. The molecule has 1 fully saturated rings. The number of alkyl halides is 3. The van der Waals surface area contributed by atoms with Crippen LogP contribution in [0.5, 0.6) is 5.88 Å². The molecule has 0 unspecified atom stereocenters. The van der Waals surface area contributed by atoms with E-state index < -0.39 is 76.8 Å². The SMILES string of the molecule is O=C(O)CNC(=O)c1c(O)n(Cc2ccc(F)cc2C(F)(F)F)c(=O)n(C2CCCCC2)c1=O. The van der Waals surface area contributed by atoms with Crippen LogP contribution in [0, 0.1) is 5.82 Å². The summed E-state index contributed by atoms with van der Waals surface area (Å²) in [7, 11) is 0. The molecule has 0 atom stereocenters. The molecule has 3 rings (SSSR count). The standard InChI is InChI=1S/C21H21F4N3O6/c22-12-7-6-11(14(8-12)21(23,24)25)10-27-18(32)16(17(31)26-9-15(29)30)19(33)28(20(27)34)13-4-2-1-3-5-13/h6-8,13,32H,1-5,9-10H2,(H,26,31)(H,29,30). The zero-order valence-corrected chi connectivity index (χ0v) is 17.7. The number of carboxylic acids is 1. The first kappa shape index (κ1) is 25.0. The van der Waals surface area contributed by atoms with Crippen LogP contribution in [-0.4, -0.2) is 37.8 Å². The molecule has 184 valence electrons. The Morgan fingerprint density at radius 2 is 1.76 bits per heavy atom. The van der Waals surface area contributed by atoms with Crippen molar-refractivity contribution >= 4 is 11.9 Å². The largest absolute Gasteiger partial charge is 0.494 e. The van der Waals surface area contributed by atoms with Crippen molar-refractivity contribution in [2.24, 2.45) is 0 Å². The van der Waals surface area contributed by atoms with Crippen LogP contribution in [0.1, 0.15) is 59.6 Å². The van der Waals surface area contributed by atoms with Gasteiger partial charge in [0.2, 0.25) is 5.88 Å². The van der Waals surface area contributed by atoms with Crippen molar-refractivity contribution in [1.82, 2.24) is 14.5 Å². The second-order valence-electron chi connectivity index (χ2n) is 7.91. The van der Waals surface area contributed by atoms with E-state index >= 15 is 0 Å². The highest BCUT2D eigenvalue weighted by Crippen LogP contribution is 2.33. The third-order valence-electron chi connectivity index (χ3n) is 5.62. The zero-order valence-electron chi connectivity index (χ0n) is 17.7. The van der Waals surface area contributed by atoms with Gasteiger partial charge in [-0.1, -0.05) is 25.3 Å². The lowest BCUT2D eigenvalue weighted by Gasteiger charge is -2.25. The van der Waals surface area contributed by atoms with Gasteiger partial charge in [0.05, 0.1) is 12.1 Å². The minimum Gasteiger partial charge on any atom is -0.494 e. The number of carbonyl (C=O) groups is 2. The number of carboxylic acid groups (broad SMARTS) is 1. The average molecular weight is 487 g/mol. The van der Waals surface area contributed by atoms with Gasteiger partial charge in [0.15, 0.2) is 5.56 Å². The van der Waals surface area contributed by atoms with Gasteiger partial charge >= 0.3 is 17.8 Å². The van der Waals surface area contributed by atoms with E-state index in [-0.39, 0.29) is 6.07 Å². The summed E-state index contributed by atoms with van der Waals surface area (Å²) in [6.45, 7) is -1.83. The number of aliphatic carboxylic acids is 1. The predicted octanol–water partition coefficient (Wildman–Crippen LogP) is 2.24. The number of halogens is 4. The summed E-state index contributed by atoms with van der Waals surface area (Å²) in [6.07, 6.45) is -2.05. The highest BCUT2D eigenvalue weighted by Gasteiger charge is 2.35. The third kappa shape index (κ3) is 5.13. The van der Waals surface area contributed by atoms with Crippen molar-refractivity contribution < 1.29 is 37.4 Å². The molecule has 0 saturated heterocycles. The molecule has 1 saturated carbocycles. The van der Waals surface area contributed by atoms with Crippen molar-refractivity contribution in [2.45, 2.75) is 50.9 Å². The minimum atomic E-state index is -4.99. The summed E-state index contributed by atoms with van der Waals surface area (Å²) >= 11 is 0. The van der Waals surface area contributed by atoms with E-state index in [0.29, 0.717) is 34.8 Å². The van der Waals surface area contributed by atoms with Gasteiger partial charge in [0.1, 0.15) is 12.4 Å². The maximum absolute atomic E-state index is 13.5. The Kier molecular flexibility index (Phi) is 7.12. The van der Waals surface area contributed by atoms with Crippen molar-refractivity contribution in [1.29, 1.82) is 0 Å². The van der Waals surface area contributed by atoms with Gasteiger partial charge in [0.25, 0.3) is 11.5 Å². The third-order valence-corrected chi connectivity index (χ3v) is 5.62. The number of benzene rings is 1. The molecule has 2 aromatic rings. The molecule has 0 spiro atoms. The fourth-order valence-electron chi connectivity index (χ4n) is 4.03. The molecule has 1 aliphatic carbocycles. The van der Waals surface area contributed by atoms with Crippen molar-refractivity contribution in [2.75, 3.05) is 6.54 Å². The van der Waals surface area contributed by atoms with Crippen LogP contribution in [0.25, 0.3) is 0 Å². The first-order chi connectivity index (χ1) is 15.9. The number of hydrogen-bond donors (Lipinski definition) is 3. The summed E-state index contributed by atoms with van der Waals surface area (Å²) in [5.74, 6) is -5.15. The summed E-state index contributed by atoms with van der Waals surface area (Å²) in [5.41, 5.74) is -5.27. The minimum absolute atomic E-state index is 0.231. The molecule has 13 heteroatoms. The number of aromatic nitrogens is 2. The second-order valence-corrected chi connectivity index (χ2v) is 7.91. The van der Waals surface area contributed by atoms with Crippen LogP contribution in [0.2, 0.25) is 0 Å². The van der Waals surface area contributed by atoms with Crippen molar-refractivity contribution in [3.8, 4) is 5.88 Å². The Morgan fingerprint density at radius 1 is 1.12 bits per heavy atom. The van der Waals surface area contributed by atoms with E-state index in [1.807, 2.05) is 5.32 Å². The van der Waals surface area contributed by atoms with Gasteiger partial charge < -0.3 is 15.5 Å². The molecule has 0 bridgehead atoms. The molecule has 1 aromatic carbocycles. The lowest BCUT2D eigenvalue weighted by Crippen LogP contribution is -2.47. The van der Waals surface area contributed by atoms with Crippen LogP contribution in [0.3, 0.4) is 0 Å². The Balaban J connectivity index is 2.22. The van der Waals surface area contributed by atoms with Gasteiger partial charge in [-0.3, -0.25) is 23.5 Å². The predicted molar refractivity (Wildman–Crippen MR) is 109 cm³/mol. The van der Waals surface area contributed by atoms with Gasteiger partial charge in [-0.05, 0) is 30.5 Å². The number of rotatable bonds is 6. The van der Waals surface area contributed by atoms with Gasteiger partial charge in [0, 0.05) is 6.04 Å².